The van der Waals surface area contributed by atoms with Crippen LogP contribution in [0.2, 0.25) is 5.02 Å². The minimum Gasteiger partial charge on any atom is -0.377 e. The number of thioether (sulfide) groups is 1. The lowest BCUT2D eigenvalue weighted by atomic mass is 9.94. The summed E-state index contributed by atoms with van der Waals surface area (Å²) < 4.78 is 0. The molecule has 0 heterocycles. The Kier molecular flexibility index (Phi) is 4.93. The lowest BCUT2D eigenvalue weighted by Gasteiger charge is -2.28. The number of halogens is 1. The molecule has 0 saturated heterocycles. The Hall–Kier alpha value is -0.940. The molecule has 0 amide bonds. The minimum absolute atomic E-state index is 0.0551. The van der Waals surface area contributed by atoms with E-state index < -0.39 is 0 Å². The van der Waals surface area contributed by atoms with Crippen molar-refractivity contribution in [2.75, 3.05) is 11.6 Å². The predicted molar refractivity (Wildman–Crippen MR) is 81.3 cm³/mol. The summed E-state index contributed by atoms with van der Waals surface area (Å²) >= 11 is 7.72. The van der Waals surface area contributed by atoms with Gasteiger partial charge in [0, 0.05) is 22.4 Å². The van der Waals surface area contributed by atoms with Gasteiger partial charge < -0.3 is 5.32 Å². The number of hydrogen-bond acceptors (Lipinski definition) is 4. The highest BCUT2D eigenvalue weighted by atomic mass is 35.5. The minimum atomic E-state index is -0.387. The van der Waals surface area contributed by atoms with Gasteiger partial charge in [0.2, 0.25) is 0 Å². The molecule has 1 aromatic carbocycles. The maximum Gasteiger partial charge on any atom is 0.293 e. The molecule has 6 heteroatoms. The Morgan fingerprint density at radius 1 is 1.37 bits per heavy atom. The second-order valence-corrected chi connectivity index (χ2v) is 6.35. The molecule has 0 bridgehead atoms. The Bertz CT molecular complexity index is 462. The number of anilines is 1. The highest BCUT2D eigenvalue weighted by Gasteiger charge is 2.23. The molecule has 1 aliphatic rings. The molecule has 1 saturated carbocycles. The smallest absolute Gasteiger partial charge is 0.293 e. The van der Waals surface area contributed by atoms with Crippen LogP contribution in [0.3, 0.4) is 0 Å². The van der Waals surface area contributed by atoms with Crippen LogP contribution in [0.5, 0.6) is 0 Å². The largest absolute Gasteiger partial charge is 0.377 e. The normalized spacial score (nSPS) is 23.1. The van der Waals surface area contributed by atoms with E-state index in [0.717, 1.165) is 18.1 Å². The van der Waals surface area contributed by atoms with Crippen LogP contribution in [0.4, 0.5) is 11.4 Å². The molecule has 1 fully saturated rings. The number of nitrogens with zero attached hydrogens (tertiary/aromatic N) is 1. The first-order valence-electron chi connectivity index (χ1n) is 6.33. The topological polar surface area (TPSA) is 55.2 Å². The van der Waals surface area contributed by atoms with Gasteiger partial charge in [0.1, 0.15) is 5.69 Å². The first-order chi connectivity index (χ1) is 9.10. The molecule has 1 aliphatic carbocycles. The van der Waals surface area contributed by atoms with E-state index in [4.69, 9.17) is 11.6 Å². The van der Waals surface area contributed by atoms with E-state index in [1.807, 2.05) is 11.8 Å². The Morgan fingerprint density at radius 2 is 2.05 bits per heavy atom. The Balaban J connectivity index is 2.05. The van der Waals surface area contributed by atoms with Gasteiger partial charge in [-0.2, -0.15) is 11.8 Å². The third kappa shape index (κ3) is 3.76. The summed E-state index contributed by atoms with van der Waals surface area (Å²) in [6.45, 7) is 0. The molecule has 19 heavy (non-hydrogen) atoms. The van der Waals surface area contributed by atoms with Crippen LogP contribution in [0.15, 0.2) is 18.2 Å². The van der Waals surface area contributed by atoms with Crippen LogP contribution in [0.1, 0.15) is 25.7 Å². The maximum absolute atomic E-state index is 11.0. The van der Waals surface area contributed by atoms with Gasteiger partial charge in [0.05, 0.1) is 4.92 Å². The van der Waals surface area contributed by atoms with Gasteiger partial charge in [0.25, 0.3) is 5.69 Å². The third-order valence-electron chi connectivity index (χ3n) is 3.52. The molecule has 0 radical (unpaired) electrons. The lowest BCUT2D eigenvalue weighted by molar-refractivity contribution is -0.384. The zero-order chi connectivity index (χ0) is 13.8. The molecule has 0 spiro atoms. The summed E-state index contributed by atoms with van der Waals surface area (Å²) in [4.78, 5) is 10.6. The standard InChI is InChI=1S/C13H17ClN2O2S/c1-19-11-5-3-10(4-6-11)15-12-7-2-9(14)8-13(12)16(17)18/h2,7-8,10-11,15H,3-6H2,1H3. The van der Waals surface area contributed by atoms with Gasteiger partial charge in [-0.3, -0.25) is 10.1 Å². The summed E-state index contributed by atoms with van der Waals surface area (Å²) in [5.41, 5.74) is 0.626. The molecule has 104 valence electrons. The number of nitro benzene ring substituents is 1. The monoisotopic (exact) mass is 300 g/mol. The van der Waals surface area contributed by atoms with Crippen molar-refractivity contribution < 1.29 is 4.92 Å². The van der Waals surface area contributed by atoms with Gasteiger partial charge in [-0.15, -0.1) is 0 Å². The molecule has 0 atom stereocenters. The van der Waals surface area contributed by atoms with Gasteiger partial charge in [-0.1, -0.05) is 11.6 Å². The van der Waals surface area contributed by atoms with Crippen molar-refractivity contribution in [2.45, 2.75) is 37.0 Å². The molecular weight excluding hydrogens is 284 g/mol. The fourth-order valence-corrected chi connectivity index (χ4v) is 3.35. The van der Waals surface area contributed by atoms with Crippen molar-refractivity contribution >= 4 is 34.7 Å². The zero-order valence-electron chi connectivity index (χ0n) is 10.8. The fourth-order valence-electron chi connectivity index (χ4n) is 2.44. The van der Waals surface area contributed by atoms with Crippen molar-refractivity contribution in [2.24, 2.45) is 0 Å². The summed E-state index contributed by atoms with van der Waals surface area (Å²) in [7, 11) is 0. The molecule has 0 unspecified atom stereocenters. The van der Waals surface area contributed by atoms with E-state index in [2.05, 4.69) is 11.6 Å². The third-order valence-corrected chi connectivity index (χ3v) is 4.90. The predicted octanol–water partition coefficient (Wildman–Crippen LogP) is 4.33. The van der Waals surface area contributed by atoms with E-state index in [1.165, 1.54) is 18.9 Å². The molecular formula is C13H17ClN2O2S. The van der Waals surface area contributed by atoms with E-state index in [9.17, 15) is 10.1 Å². The Morgan fingerprint density at radius 3 is 2.63 bits per heavy atom. The second-order valence-electron chi connectivity index (χ2n) is 4.77. The highest BCUT2D eigenvalue weighted by Crippen LogP contribution is 2.32. The number of benzene rings is 1. The maximum atomic E-state index is 11.0. The quantitative estimate of drug-likeness (QED) is 0.664. The molecule has 1 N–H and O–H groups in total. The van der Waals surface area contributed by atoms with Gasteiger partial charge >= 0.3 is 0 Å². The van der Waals surface area contributed by atoms with Crippen molar-refractivity contribution in [3.8, 4) is 0 Å². The summed E-state index contributed by atoms with van der Waals surface area (Å²) in [5, 5.41) is 15.4. The average Bonchev–Trinajstić information content (AvgIpc) is 2.41. The highest BCUT2D eigenvalue weighted by molar-refractivity contribution is 7.99. The van der Waals surface area contributed by atoms with Gasteiger partial charge in [-0.05, 0) is 44.1 Å². The molecule has 4 nitrogen and oxygen atoms in total. The van der Waals surface area contributed by atoms with Crippen LogP contribution in [0.25, 0.3) is 0 Å². The van der Waals surface area contributed by atoms with Crippen molar-refractivity contribution in [1.82, 2.24) is 0 Å². The SMILES string of the molecule is CSC1CCC(Nc2ccc(Cl)cc2[N+](=O)[O-])CC1. The number of nitro groups is 1. The summed E-state index contributed by atoms with van der Waals surface area (Å²) in [5.74, 6) is 0. The van der Waals surface area contributed by atoms with Crippen molar-refractivity contribution in [3.63, 3.8) is 0 Å². The van der Waals surface area contributed by atoms with Crippen LogP contribution in [-0.2, 0) is 0 Å². The molecule has 2 rings (SSSR count). The van der Waals surface area contributed by atoms with Crippen molar-refractivity contribution in [3.05, 3.63) is 33.3 Å². The van der Waals surface area contributed by atoms with Gasteiger partial charge in [-0.25, -0.2) is 0 Å². The van der Waals surface area contributed by atoms with E-state index in [1.54, 1.807) is 12.1 Å². The molecule has 0 aromatic heterocycles. The zero-order valence-corrected chi connectivity index (χ0v) is 12.3. The van der Waals surface area contributed by atoms with E-state index in [-0.39, 0.29) is 10.6 Å². The van der Waals surface area contributed by atoms with Crippen LogP contribution in [-0.4, -0.2) is 22.5 Å². The number of rotatable bonds is 4. The number of hydrogen-bond donors (Lipinski definition) is 1. The Labute approximate surface area is 122 Å². The van der Waals surface area contributed by atoms with E-state index in [0.29, 0.717) is 16.8 Å². The number of nitrogens with one attached hydrogen (secondary N) is 1. The van der Waals surface area contributed by atoms with Gasteiger partial charge in [0.15, 0.2) is 0 Å². The fraction of sp³-hybridized carbons (Fsp3) is 0.538. The van der Waals surface area contributed by atoms with Crippen LogP contribution in [0, 0.1) is 10.1 Å². The summed E-state index contributed by atoms with van der Waals surface area (Å²) in [6.07, 6.45) is 6.60. The van der Waals surface area contributed by atoms with Crippen LogP contribution < -0.4 is 5.32 Å². The molecule has 0 aliphatic heterocycles. The first-order valence-corrected chi connectivity index (χ1v) is 8.00. The lowest BCUT2D eigenvalue weighted by Crippen LogP contribution is -2.27. The average molecular weight is 301 g/mol. The first kappa shape index (κ1) is 14.5. The van der Waals surface area contributed by atoms with Crippen LogP contribution >= 0.6 is 23.4 Å². The van der Waals surface area contributed by atoms with Crippen molar-refractivity contribution in [1.29, 1.82) is 0 Å². The summed E-state index contributed by atoms with van der Waals surface area (Å²) in [6, 6.07) is 5.10. The molecule has 1 aromatic rings. The second kappa shape index (κ2) is 6.48. The van der Waals surface area contributed by atoms with E-state index >= 15 is 0 Å².